The van der Waals surface area contributed by atoms with Gasteiger partial charge in [-0.25, -0.2) is 4.39 Å². The van der Waals surface area contributed by atoms with E-state index < -0.39 is 0 Å². The molecule has 0 spiro atoms. The highest BCUT2D eigenvalue weighted by Crippen LogP contribution is 2.19. The molecule has 1 aliphatic heterocycles. The van der Waals surface area contributed by atoms with E-state index in [2.05, 4.69) is 33.2 Å². The Hall–Kier alpha value is -0.940. The molecule has 1 amide bonds. The summed E-state index contributed by atoms with van der Waals surface area (Å²) in [6.45, 7) is 2.90. The highest BCUT2D eigenvalue weighted by molar-refractivity contribution is 9.10. The number of nitrogens with one attached hydrogen (secondary N) is 1. The van der Waals surface area contributed by atoms with E-state index in [-0.39, 0.29) is 11.7 Å². The van der Waals surface area contributed by atoms with Crippen molar-refractivity contribution in [1.29, 1.82) is 0 Å². The molecule has 0 bridgehead atoms. The molecule has 1 aliphatic rings. The van der Waals surface area contributed by atoms with Crippen LogP contribution in [0.5, 0.6) is 0 Å². The second-order valence-corrected chi connectivity index (χ2v) is 6.31. The Morgan fingerprint density at radius 1 is 1.55 bits per heavy atom. The summed E-state index contributed by atoms with van der Waals surface area (Å²) in [7, 11) is 2.10. The second-order valence-electron chi connectivity index (χ2n) is 5.46. The molecule has 3 nitrogen and oxygen atoms in total. The van der Waals surface area contributed by atoms with Gasteiger partial charge in [0.15, 0.2) is 0 Å². The molecule has 1 saturated heterocycles. The van der Waals surface area contributed by atoms with Crippen LogP contribution in [0.25, 0.3) is 0 Å². The molecule has 0 saturated carbocycles. The number of benzene rings is 1. The first-order valence-electron chi connectivity index (χ1n) is 6.94. The van der Waals surface area contributed by atoms with E-state index >= 15 is 0 Å². The predicted molar refractivity (Wildman–Crippen MR) is 81.0 cm³/mol. The van der Waals surface area contributed by atoms with Crippen LogP contribution >= 0.6 is 15.9 Å². The van der Waals surface area contributed by atoms with Crippen LogP contribution in [0, 0.1) is 11.7 Å². The lowest BCUT2D eigenvalue weighted by Crippen LogP contribution is -2.30. The lowest BCUT2D eigenvalue weighted by Gasteiger charge is -2.12. The fourth-order valence-corrected chi connectivity index (χ4v) is 2.97. The van der Waals surface area contributed by atoms with Gasteiger partial charge in [0.25, 0.3) is 0 Å². The van der Waals surface area contributed by atoms with Crippen molar-refractivity contribution in [2.45, 2.75) is 19.3 Å². The van der Waals surface area contributed by atoms with Gasteiger partial charge in [0.1, 0.15) is 5.82 Å². The minimum atomic E-state index is -0.266. The summed E-state index contributed by atoms with van der Waals surface area (Å²) < 4.78 is 14.0. The Morgan fingerprint density at radius 3 is 3.05 bits per heavy atom. The molecular weight excluding hydrogens is 323 g/mol. The van der Waals surface area contributed by atoms with Gasteiger partial charge < -0.3 is 10.2 Å². The Labute approximate surface area is 127 Å². The molecule has 1 aromatic carbocycles. The normalized spacial score (nSPS) is 19.2. The van der Waals surface area contributed by atoms with E-state index in [0.29, 0.717) is 18.8 Å². The van der Waals surface area contributed by atoms with E-state index in [0.717, 1.165) is 36.1 Å². The summed E-state index contributed by atoms with van der Waals surface area (Å²) in [6, 6.07) is 4.56. The predicted octanol–water partition coefficient (Wildman–Crippen LogP) is 2.59. The van der Waals surface area contributed by atoms with Gasteiger partial charge >= 0.3 is 0 Å². The first-order valence-corrected chi connectivity index (χ1v) is 7.73. The monoisotopic (exact) mass is 342 g/mol. The van der Waals surface area contributed by atoms with Gasteiger partial charge in [0.05, 0.1) is 0 Å². The molecule has 110 valence electrons. The minimum absolute atomic E-state index is 0.0377. The largest absolute Gasteiger partial charge is 0.356 e. The molecule has 0 aliphatic carbocycles. The van der Waals surface area contributed by atoms with Gasteiger partial charge in [-0.2, -0.15) is 0 Å². The minimum Gasteiger partial charge on any atom is -0.356 e. The first-order chi connectivity index (χ1) is 9.54. The van der Waals surface area contributed by atoms with Crippen LogP contribution in [-0.2, 0) is 11.2 Å². The number of likely N-dealkylation sites (tertiary alicyclic amines) is 1. The van der Waals surface area contributed by atoms with E-state index in [4.69, 9.17) is 0 Å². The van der Waals surface area contributed by atoms with Crippen LogP contribution < -0.4 is 5.32 Å². The van der Waals surface area contributed by atoms with Crippen LogP contribution in [0.4, 0.5) is 4.39 Å². The molecule has 1 atom stereocenters. The second kappa shape index (κ2) is 7.18. The lowest BCUT2D eigenvalue weighted by atomic mass is 10.1. The molecule has 2 rings (SSSR count). The number of hydrogen-bond acceptors (Lipinski definition) is 2. The van der Waals surface area contributed by atoms with Gasteiger partial charge in [-0.05, 0) is 56.1 Å². The number of rotatable bonds is 5. The van der Waals surface area contributed by atoms with Gasteiger partial charge in [-0.3, -0.25) is 4.79 Å². The quantitative estimate of drug-likeness (QED) is 0.891. The number of nitrogens with zero attached hydrogens (tertiary/aromatic N) is 1. The van der Waals surface area contributed by atoms with Crippen molar-refractivity contribution in [1.82, 2.24) is 10.2 Å². The maximum Gasteiger partial charge on any atom is 0.220 e. The number of hydrogen-bond donors (Lipinski definition) is 1. The number of carbonyl (C=O) groups is 1. The summed E-state index contributed by atoms with van der Waals surface area (Å²) in [5.41, 5.74) is 0.834. The zero-order chi connectivity index (χ0) is 14.5. The molecule has 1 heterocycles. The maximum absolute atomic E-state index is 13.1. The first kappa shape index (κ1) is 15.4. The average molecular weight is 343 g/mol. The van der Waals surface area contributed by atoms with E-state index in [9.17, 15) is 9.18 Å². The van der Waals surface area contributed by atoms with E-state index in [1.165, 1.54) is 12.1 Å². The Morgan fingerprint density at radius 2 is 2.35 bits per heavy atom. The van der Waals surface area contributed by atoms with Crippen molar-refractivity contribution in [3.63, 3.8) is 0 Å². The van der Waals surface area contributed by atoms with Crippen molar-refractivity contribution >= 4 is 21.8 Å². The molecule has 20 heavy (non-hydrogen) atoms. The van der Waals surface area contributed by atoms with Crippen LogP contribution in [0.3, 0.4) is 0 Å². The summed E-state index contributed by atoms with van der Waals surface area (Å²) in [5, 5.41) is 2.97. The summed E-state index contributed by atoms with van der Waals surface area (Å²) in [4.78, 5) is 14.1. The molecule has 1 fully saturated rings. The van der Waals surface area contributed by atoms with Gasteiger partial charge in [0, 0.05) is 24.0 Å². The third kappa shape index (κ3) is 4.56. The molecule has 0 radical (unpaired) electrons. The summed E-state index contributed by atoms with van der Waals surface area (Å²) >= 11 is 3.38. The van der Waals surface area contributed by atoms with E-state index in [1.807, 2.05) is 0 Å². The van der Waals surface area contributed by atoms with Crippen LogP contribution in [0.1, 0.15) is 18.4 Å². The Bertz CT molecular complexity index is 481. The van der Waals surface area contributed by atoms with Crippen molar-refractivity contribution in [3.8, 4) is 0 Å². The SMILES string of the molecule is CN1CCC(CNC(=O)CCc2cc(F)ccc2Br)C1. The molecular formula is C15H20BrFN2O. The zero-order valence-corrected chi connectivity index (χ0v) is 13.2. The summed E-state index contributed by atoms with van der Waals surface area (Å²) in [5.74, 6) is 0.332. The highest BCUT2D eigenvalue weighted by Gasteiger charge is 2.19. The number of halogens is 2. The lowest BCUT2D eigenvalue weighted by molar-refractivity contribution is -0.121. The molecule has 0 aromatic heterocycles. The maximum atomic E-state index is 13.1. The standard InChI is InChI=1S/C15H20BrFN2O/c1-19-7-6-11(10-19)9-18-15(20)5-2-12-8-13(17)3-4-14(12)16/h3-4,8,11H,2,5-7,9-10H2,1H3,(H,18,20). The molecule has 1 N–H and O–H groups in total. The number of aryl methyl sites for hydroxylation is 1. The third-order valence-electron chi connectivity index (χ3n) is 3.71. The van der Waals surface area contributed by atoms with Crippen LogP contribution in [0.2, 0.25) is 0 Å². The van der Waals surface area contributed by atoms with Gasteiger partial charge in [-0.15, -0.1) is 0 Å². The van der Waals surface area contributed by atoms with Gasteiger partial charge in [0.2, 0.25) is 5.91 Å². The van der Waals surface area contributed by atoms with Crippen molar-refractivity contribution in [2.75, 3.05) is 26.7 Å². The van der Waals surface area contributed by atoms with Crippen LogP contribution in [0.15, 0.2) is 22.7 Å². The molecule has 5 heteroatoms. The fraction of sp³-hybridized carbons (Fsp3) is 0.533. The van der Waals surface area contributed by atoms with Gasteiger partial charge in [-0.1, -0.05) is 15.9 Å². The number of amides is 1. The number of carbonyl (C=O) groups excluding carboxylic acids is 1. The van der Waals surface area contributed by atoms with Crippen LogP contribution in [-0.4, -0.2) is 37.5 Å². The fourth-order valence-electron chi connectivity index (χ4n) is 2.52. The smallest absolute Gasteiger partial charge is 0.220 e. The molecule has 1 unspecified atom stereocenters. The molecule has 1 aromatic rings. The topological polar surface area (TPSA) is 32.3 Å². The summed E-state index contributed by atoms with van der Waals surface area (Å²) in [6.07, 6.45) is 2.09. The third-order valence-corrected chi connectivity index (χ3v) is 4.48. The average Bonchev–Trinajstić information content (AvgIpc) is 2.83. The highest BCUT2D eigenvalue weighted by atomic mass is 79.9. The Balaban J connectivity index is 1.73. The van der Waals surface area contributed by atoms with Crippen molar-refractivity contribution in [3.05, 3.63) is 34.1 Å². The Kier molecular flexibility index (Phi) is 5.54. The van der Waals surface area contributed by atoms with E-state index in [1.54, 1.807) is 6.07 Å². The van der Waals surface area contributed by atoms with Crippen molar-refractivity contribution < 1.29 is 9.18 Å². The van der Waals surface area contributed by atoms with Crippen molar-refractivity contribution in [2.24, 2.45) is 5.92 Å². The zero-order valence-electron chi connectivity index (χ0n) is 11.7.